The van der Waals surface area contributed by atoms with E-state index in [1.54, 1.807) is 19.1 Å². The zero-order valence-electron chi connectivity index (χ0n) is 9.20. The average Bonchev–Trinajstić information content (AvgIpc) is 2.22. The molecular formula is C11H12BrNO4. The highest BCUT2D eigenvalue weighted by molar-refractivity contribution is 9.10. The molecule has 1 aromatic carbocycles. The highest BCUT2D eigenvalue weighted by Gasteiger charge is 2.14. The Labute approximate surface area is 107 Å². The number of nitrogens with two attached hydrogens (primary N) is 1. The van der Waals surface area contributed by atoms with Crippen molar-refractivity contribution < 1.29 is 19.4 Å². The third-order valence-electron chi connectivity index (χ3n) is 2.18. The number of nitrogen functional groups attached to an aromatic ring is 1. The maximum Gasteiger partial charge on any atom is 0.338 e. The Balaban J connectivity index is 2.78. The van der Waals surface area contributed by atoms with E-state index < -0.39 is 11.9 Å². The number of carboxylic acids is 1. The molecule has 0 saturated heterocycles. The normalized spacial score (nSPS) is 10.0. The van der Waals surface area contributed by atoms with Crippen molar-refractivity contribution in [3.8, 4) is 0 Å². The predicted molar refractivity (Wildman–Crippen MR) is 65.8 cm³/mol. The van der Waals surface area contributed by atoms with Gasteiger partial charge in [-0.15, -0.1) is 0 Å². The fourth-order valence-electron chi connectivity index (χ4n) is 1.22. The van der Waals surface area contributed by atoms with Gasteiger partial charge in [0.1, 0.15) is 6.61 Å². The minimum absolute atomic E-state index is 0.153. The lowest BCUT2D eigenvalue weighted by Gasteiger charge is -2.09. The van der Waals surface area contributed by atoms with Crippen molar-refractivity contribution in [3.63, 3.8) is 0 Å². The number of anilines is 1. The number of esters is 1. The van der Waals surface area contributed by atoms with Gasteiger partial charge in [0.15, 0.2) is 0 Å². The monoisotopic (exact) mass is 301 g/mol. The van der Waals surface area contributed by atoms with Crippen molar-refractivity contribution in [1.29, 1.82) is 0 Å². The summed E-state index contributed by atoms with van der Waals surface area (Å²) in [6.45, 7) is 1.55. The largest absolute Gasteiger partial charge is 0.481 e. The summed E-state index contributed by atoms with van der Waals surface area (Å²) >= 11 is 3.22. The van der Waals surface area contributed by atoms with Crippen LogP contribution in [0.3, 0.4) is 0 Å². The van der Waals surface area contributed by atoms with Crippen LogP contribution < -0.4 is 5.73 Å². The Morgan fingerprint density at radius 1 is 1.47 bits per heavy atom. The van der Waals surface area contributed by atoms with Crippen molar-refractivity contribution in [2.75, 3.05) is 12.3 Å². The molecule has 0 amide bonds. The molecular weight excluding hydrogens is 290 g/mol. The quantitative estimate of drug-likeness (QED) is 0.655. The molecule has 92 valence electrons. The second-order valence-electron chi connectivity index (χ2n) is 3.45. The van der Waals surface area contributed by atoms with Crippen molar-refractivity contribution >= 4 is 33.6 Å². The first-order valence-corrected chi connectivity index (χ1v) is 5.65. The number of halogens is 1. The minimum atomic E-state index is -1.01. The summed E-state index contributed by atoms with van der Waals surface area (Å²) in [7, 11) is 0. The zero-order valence-corrected chi connectivity index (χ0v) is 10.8. The molecule has 5 nitrogen and oxygen atoms in total. The van der Waals surface area contributed by atoms with E-state index in [-0.39, 0.29) is 13.0 Å². The molecule has 3 N–H and O–H groups in total. The van der Waals surface area contributed by atoms with Crippen LogP contribution in [0, 0.1) is 6.92 Å². The minimum Gasteiger partial charge on any atom is -0.481 e. The summed E-state index contributed by atoms with van der Waals surface area (Å²) in [5.74, 6) is -1.58. The molecule has 1 rings (SSSR count). The lowest BCUT2D eigenvalue weighted by atomic mass is 10.1. The summed E-state index contributed by atoms with van der Waals surface area (Å²) < 4.78 is 5.51. The van der Waals surface area contributed by atoms with Gasteiger partial charge in [-0.3, -0.25) is 4.79 Å². The van der Waals surface area contributed by atoms with Crippen LogP contribution in [0.4, 0.5) is 5.69 Å². The second kappa shape index (κ2) is 5.67. The van der Waals surface area contributed by atoms with E-state index in [2.05, 4.69) is 15.9 Å². The first-order valence-electron chi connectivity index (χ1n) is 4.86. The number of rotatable bonds is 4. The number of carbonyl (C=O) groups is 2. The highest BCUT2D eigenvalue weighted by atomic mass is 79.9. The van der Waals surface area contributed by atoms with Crippen LogP contribution in [-0.2, 0) is 9.53 Å². The molecule has 0 spiro atoms. The summed E-state index contributed by atoms with van der Waals surface area (Å²) in [5.41, 5.74) is 7.14. The number of carboxylic acid groups (broad SMARTS) is 1. The van der Waals surface area contributed by atoms with E-state index >= 15 is 0 Å². The molecule has 0 aliphatic carbocycles. The molecule has 17 heavy (non-hydrogen) atoms. The molecule has 0 saturated carbocycles. The van der Waals surface area contributed by atoms with Crippen LogP contribution >= 0.6 is 15.9 Å². The predicted octanol–water partition coefficient (Wildman–Crippen LogP) is 1.97. The van der Waals surface area contributed by atoms with E-state index in [9.17, 15) is 9.59 Å². The van der Waals surface area contributed by atoms with Crippen LogP contribution in [0.2, 0.25) is 0 Å². The maximum absolute atomic E-state index is 11.7. The van der Waals surface area contributed by atoms with Gasteiger partial charge in [-0.25, -0.2) is 4.79 Å². The number of hydrogen-bond acceptors (Lipinski definition) is 4. The van der Waals surface area contributed by atoms with Crippen molar-refractivity contribution in [1.82, 2.24) is 0 Å². The Morgan fingerprint density at radius 3 is 2.71 bits per heavy atom. The van der Waals surface area contributed by atoms with Crippen molar-refractivity contribution in [2.24, 2.45) is 0 Å². The molecule has 1 aromatic rings. The van der Waals surface area contributed by atoms with Gasteiger partial charge in [0.2, 0.25) is 0 Å². The summed E-state index contributed by atoms with van der Waals surface area (Å²) in [4.78, 5) is 21.9. The van der Waals surface area contributed by atoms with Crippen LogP contribution in [0.25, 0.3) is 0 Å². The third-order valence-corrected chi connectivity index (χ3v) is 2.64. The van der Waals surface area contributed by atoms with Gasteiger partial charge in [-0.2, -0.15) is 0 Å². The molecule has 0 aliphatic rings. The fraction of sp³-hybridized carbons (Fsp3) is 0.273. The van der Waals surface area contributed by atoms with Crippen LogP contribution in [-0.4, -0.2) is 23.7 Å². The summed E-state index contributed by atoms with van der Waals surface area (Å²) in [6.07, 6.45) is -0.214. The smallest absolute Gasteiger partial charge is 0.338 e. The molecule has 0 aliphatic heterocycles. The molecule has 0 fully saturated rings. The van der Waals surface area contributed by atoms with Gasteiger partial charge in [-0.05, 0) is 24.6 Å². The van der Waals surface area contributed by atoms with Crippen LogP contribution in [0.15, 0.2) is 16.6 Å². The molecule has 0 unspecified atom stereocenters. The number of benzene rings is 1. The number of hydrogen-bond donors (Lipinski definition) is 2. The van der Waals surface area contributed by atoms with E-state index in [4.69, 9.17) is 15.6 Å². The molecule has 0 aromatic heterocycles. The second-order valence-corrected chi connectivity index (χ2v) is 4.36. The van der Waals surface area contributed by atoms with Gasteiger partial charge < -0.3 is 15.6 Å². The Bertz CT molecular complexity index is 459. The molecule has 0 radical (unpaired) electrons. The lowest BCUT2D eigenvalue weighted by Crippen LogP contribution is -2.11. The first-order chi connectivity index (χ1) is 7.91. The van der Waals surface area contributed by atoms with Crippen molar-refractivity contribution in [2.45, 2.75) is 13.3 Å². The third kappa shape index (κ3) is 3.74. The average molecular weight is 302 g/mol. The summed E-state index contributed by atoms with van der Waals surface area (Å²) in [6, 6.07) is 3.28. The van der Waals surface area contributed by atoms with Gasteiger partial charge in [-0.1, -0.05) is 15.9 Å². The van der Waals surface area contributed by atoms with E-state index in [0.717, 1.165) is 0 Å². The van der Waals surface area contributed by atoms with Gasteiger partial charge in [0.25, 0.3) is 0 Å². The maximum atomic E-state index is 11.7. The fourth-order valence-corrected chi connectivity index (χ4v) is 1.70. The van der Waals surface area contributed by atoms with Gasteiger partial charge in [0.05, 0.1) is 12.0 Å². The Kier molecular flexibility index (Phi) is 4.51. The van der Waals surface area contributed by atoms with Crippen molar-refractivity contribution in [3.05, 3.63) is 27.7 Å². The molecule has 0 atom stereocenters. The molecule has 6 heteroatoms. The van der Waals surface area contributed by atoms with Crippen LogP contribution in [0.5, 0.6) is 0 Å². The Hall–Kier alpha value is -1.56. The zero-order chi connectivity index (χ0) is 13.0. The Morgan fingerprint density at radius 2 is 2.12 bits per heavy atom. The van der Waals surface area contributed by atoms with E-state index in [1.165, 1.54) is 0 Å². The number of aliphatic carboxylic acids is 1. The highest BCUT2D eigenvalue weighted by Crippen LogP contribution is 2.23. The first kappa shape index (κ1) is 13.5. The van der Waals surface area contributed by atoms with E-state index in [1.807, 2.05) is 0 Å². The molecule has 0 heterocycles. The lowest BCUT2D eigenvalue weighted by molar-refractivity contribution is -0.137. The SMILES string of the molecule is Cc1c(N)cc(Br)cc1C(=O)OCCC(=O)O. The number of ether oxygens (including phenoxy) is 1. The summed E-state index contributed by atoms with van der Waals surface area (Å²) in [5, 5.41) is 8.42. The van der Waals surface area contributed by atoms with E-state index in [0.29, 0.717) is 21.3 Å². The number of carbonyl (C=O) groups excluding carboxylic acids is 1. The van der Waals surface area contributed by atoms with Gasteiger partial charge >= 0.3 is 11.9 Å². The topological polar surface area (TPSA) is 89.6 Å². The van der Waals surface area contributed by atoms with Gasteiger partial charge in [0, 0.05) is 10.2 Å². The van der Waals surface area contributed by atoms with Crippen LogP contribution in [0.1, 0.15) is 22.3 Å². The standard InChI is InChI=1S/C11H12BrNO4/c1-6-8(4-7(12)5-9(6)13)11(16)17-3-2-10(14)15/h4-5H,2-3,13H2,1H3,(H,14,15). The molecule has 0 bridgehead atoms.